The monoisotopic (exact) mass is 319 g/mol. The Kier molecular flexibility index (Phi) is 19.1. The topological polar surface area (TPSA) is 0 Å². The normalized spacial score (nSPS) is 11.0. The molecule has 0 aromatic rings. The molecule has 0 aliphatic heterocycles. The van der Waals surface area contributed by atoms with Crippen molar-refractivity contribution in [3.8, 4) is 0 Å². The molecule has 0 spiro atoms. The van der Waals surface area contributed by atoms with Crippen LogP contribution in [0.5, 0.6) is 0 Å². The maximum Gasteiger partial charge on any atom is -0.0166 e. The van der Waals surface area contributed by atoms with Crippen molar-refractivity contribution < 1.29 is 0 Å². The quantitative estimate of drug-likeness (QED) is 0.165. The lowest BCUT2D eigenvalue weighted by atomic mass is 9.94. The van der Waals surface area contributed by atoms with Gasteiger partial charge in [0, 0.05) is 0 Å². The first-order valence-electron chi connectivity index (χ1n) is 10.4. The molecule has 0 aliphatic rings. The van der Waals surface area contributed by atoms with Crippen molar-refractivity contribution in [1.29, 1.82) is 0 Å². The fourth-order valence-electron chi connectivity index (χ4n) is 3.27. The molecule has 0 aromatic heterocycles. The Morgan fingerprint density at radius 1 is 0.565 bits per heavy atom. The molecule has 135 valence electrons. The minimum absolute atomic E-state index is 1.07. The van der Waals surface area contributed by atoms with E-state index < -0.39 is 0 Å². The summed E-state index contributed by atoms with van der Waals surface area (Å²) in [6.07, 6.45) is 27.6. The van der Waals surface area contributed by atoms with E-state index in [0.29, 0.717) is 0 Å². The highest BCUT2D eigenvalue weighted by Crippen LogP contribution is 2.21. The summed E-state index contributed by atoms with van der Waals surface area (Å²) in [4.78, 5) is 0. The lowest BCUT2D eigenvalue weighted by molar-refractivity contribution is 0.531. The van der Waals surface area contributed by atoms with Crippen LogP contribution < -0.4 is 0 Å². The van der Waals surface area contributed by atoms with E-state index >= 15 is 0 Å². The summed E-state index contributed by atoms with van der Waals surface area (Å²) in [5.74, 6) is 1.61. The van der Waals surface area contributed by atoms with Gasteiger partial charge in [0.2, 0.25) is 0 Å². The average molecular weight is 320 g/mol. The molecule has 0 amide bonds. The molecule has 0 bridgehead atoms. The Bertz CT molecular complexity index is 230. The molecule has 0 aromatic carbocycles. The number of allylic oxidation sites excluding steroid dienone is 2. The third-order valence-electron chi connectivity index (χ3n) is 4.75. The number of rotatable bonds is 19. The Morgan fingerprint density at radius 2 is 0.913 bits per heavy atom. The summed E-state index contributed by atoms with van der Waals surface area (Å²) in [7, 11) is 0. The number of unbranched alkanes of at least 4 members (excludes halogenated alkanes) is 13. The van der Waals surface area contributed by atoms with Gasteiger partial charge in [0.1, 0.15) is 0 Å². The summed E-state index contributed by atoms with van der Waals surface area (Å²) in [6, 6.07) is 0. The summed E-state index contributed by atoms with van der Waals surface area (Å²) in [6.45, 7) is 9.98. The minimum atomic E-state index is 1.07. The van der Waals surface area contributed by atoms with Crippen LogP contribution in [0, 0.1) is 5.92 Å². The molecule has 0 unspecified atom stereocenters. The molecule has 0 atom stereocenters. The highest BCUT2D eigenvalue weighted by molar-refractivity contribution is 5.00. The summed E-state index contributed by atoms with van der Waals surface area (Å²) in [5, 5.41) is 0. The number of hydrogen-bond acceptors (Lipinski definition) is 0. The second-order valence-electron chi connectivity index (χ2n) is 7.08. The highest BCUT2D eigenvalue weighted by atomic mass is 14.1. The van der Waals surface area contributed by atoms with Gasteiger partial charge >= 0.3 is 0 Å². The minimum Gasteiger partial charge on any atom is -0.103 e. The van der Waals surface area contributed by atoms with Gasteiger partial charge in [-0.05, 0) is 25.2 Å². The predicted molar refractivity (Wildman–Crippen MR) is 108 cm³/mol. The average Bonchev–Trinajstić information content (AvgIpc) is 2.55. The summed E-state index contributed by atoms with van der Waals surface area (Å²) < 4.78 is 0. The van der Waals surface area contributed by atoms with Crippen LogP contribution in [0.1, 0.15) is 116 Å². The first kappa shape index (κ1) is 22.5. The van der Waals surface area contributed by atoms with Crippen LogP contribution in [0.25, 0.3) is 0 Å². The van der Waals surface area contributed by atoms with Gasteiger partial charge in [0.05, 0.1) is 0 Å². The highest BCUT2D eigenvalue weighted by Gasteiger charge is 2.04. The molecule has 0 heterocycles. The summed E-state index contributed by atoms with van der Waals surface area (Å²) in [5.41, 5.74) is 0. The zero-order chi connectivity index (χ0) is 17.0. The van der Waals surface area contributed by atoms with Gasteiger partial charge in [-0.25, -0.2) is 0 Å². The second kappa shape index (κ2) is 19.5. The lowest BCUT2D eigenvalue weighted by Crippen LogP contribution is -1.95. The van der Waals surface area contributed by atoms with Crippen LogP contribution in [0.15, 0.2) is 25.3 Å². The van der Waals surface area contributed by atoms with Gasteiger partial charge in [-0.15, -0.1) is 13.2 Å². The number of hydrogen-bond donors (Lipinski definition) is 0. The third-order valence-corrected chi connectivity index (χ3v) is 4.75. The predicted octanol–water partition coefficient (Wildman–Crippen LogP) is 8.58. The SMILES string of the molecule is C=CC[C](CC=C)CCCCCCCCCCCCCCCC. The van der Waals surface area contributed by atoms with E-state index in [0.717, 1.165) is 12.8 Å². The molecule has 0 nitrogen and oxygen atoms in total. The van der Waals surface area contributed by atoms with Crippen molar-refractivity contribution in [1.82, 2.24) is 0 Å². The Hall–Kier alpha value is -0.520. The summed E-state index contributed by atoms with van der Waals surface area (Å²) >= 11 is 0. The van der Waals surface area contributed by atoms with Gasteiger partial charge in [-0.2, -0.15) is 0 Å². The molecule has 23 heavy (non-hydrogen) atoms. The largest absolute Gasteiger partial charge is 0.103 e. The molecule has 0 fully saturated rings. The van der Waals surface area contributed by atoms with E-state index in [-0.39, 0.29) is 0 Å². The van der Waals surface area contributed by atoms with E-state index in [1.165, 1.54) is 96.3 Å². The van der Waals surface area contributed by atoms with Crippen LogP contribution in [0.4, 0.5) is 0 Å². The molecule has 0 rings (SSSR count). The van der Waals surface area contributed by atoms with Crippen molar-refractivity contribution in [2.45, 2.75) is 116 Å². The van der Waals surface area contributed by atoms with Crippen LogP contribution >= 0.6 is 0 Å². The Labute approximate surface area is 147 Å². The van der Waals surface area contributed by atoms with Crippen LogP contribution in [-0.4, -0.2) is 0 Å². The van der Waals surface area contributed by atoms with Crippen molar-refractivity contribution in [3.63, 3.8) is 0 Å². The molecule has 0 saturated carbocycles. The molecule has 1 radical (unpaired) electrons. The Balaban J connectivity index is 3.18. The van der Waals surface area contributed by atoms with Gasteiger partial charge < -0.3 is 0 Å². The molecule has 0 N–H and O–H groups in total. The van der Waals surface area contributed by atoms with E-state index in [4.69, 9.17) is 0 Å². The maximum absolute atomic E-state index is 3.85. The van der Waals surface area contributed by atoms with Gasteiger partial charge in [-0.1, -0.05) is 109 Å². The standard InChI is InChI=1S/C23H43/c1-4-7-8-9-10-11-12-13-14-15-16-17-18-19-22-23(20-5-2)21-6-3/h5-6H,2-4,7-22H2,1H3. The van der Waals surface area contributed by atoms with Gasteiger partial charge in [-0.3, -0.25) is 0 Å². The van der Waals surface area contributed by atoms with E-state index in [2.05, 4.69) is 20.1 Å². The van der Waals surface area contributed by atoms with E-state index in [1.54, 1.807) is 5.92 Å². The zero-order valence-corrected chi connectivity index (χ0v) is 16.1. The van der Waals surface area contributed by atoms with E-state index in [1.807, 2.05) is 12.2 Å². The van der Waals surface area contributed by atoms with Crippen molar-refractivity contribution in [3.05, 3.63) is 31.2 Å². The Morgan fingerprint density at radius 3 is 1.26 bits per heavy atom. The first-order chi connectivity index (χ1) is 11.3. The van der Waals surface area contributed by atoms with Crippen LogP contribution in [0.3, 0.4) is 0 Å². The molecule has 0 saturated heterocycles. The first-order valence-corrected chi connectivity index (χ1v) is 10.4. The molecule has 0 aliphatic carbocycles. The molecular weight excluding hydrogens is 276 g/mol. The molecular formula is C23H43. The lowest BCUT2D eigenvalue weighted by Gasteiger charge is -2.11. The van der Waals surface area contributed by atoms with Crippen molar-refractivity contribution in [2.24, 2.45) is 0 Å². The maximum atomic E-state index is 3.85. The second-order valence-corrected chi connectivity index (χ2v) is 7.08. The smallest absolute Gasteiger partial charge is 0.0166 e. The fourth-order valence-corrected chi connectivity index (χ4v) is 3.27. The van der Waals surface area contributed by atoms with Crippen molar-refractivity contribution in [2.75, 3.05) is 0 Å². The van der Waals surface area contributed by atoms with Crippen LogP contribution in [-0.2, 0) is 0 Å². The third kappa shape index (κ3) is 17.7. The zero-order valence-electron chi connectivity index (χ0n) is 16.1. The van der Waals surface area contributed by atoms with E-state index in [9.17, 15) is 0 Å². The van der Waals surface area contributed by atoms with Gasteiger partial charge in [0.25, 0.3) is 0 Å². The van der Waals surface area contributed by atoms with Crippen LogP contribution in [0.2, 0.25) is 0 Å². The molecule has 0 heteroatoms. The van der Waals surface area contributed by atoms with Gasteiger partial charge in [0.15, 0.2) is 0 Å². The van der Waals surface area contributed by atoms with Crippen molar-refractivity contribution >= 4 is 0 Å². The fraction of sp³-hybridized carbons (Fsp3) is 0.783.